The zero-order valence-electron chi connectivity index (χ0n) is 11.6. The third-order valence-electron chi connectivity index (χ3n) is 2.87. The highest BCUT2D eigenvalue weighted by Crippen LogP contribution is 2.22. The molecule has 3 aromatic rings. The van der Waals surface area contributed by atoms with E-state index in [-0.39, 0.29) is 17.3 Å². The van der Waals surface area contributed by atoms with E-state index in [2.05, 4.69) is 25.3 Å². The van der Waals surface area contributed by atoms with E-state index in [1.807, 2.05) is 0 Å². The maximum atomic E-state index is 12.0. The highest BCUT2D eigenvalue weighted by Gasteiger charge is 2.11. The van der Waals surface area contributed by atoms with Crippen molar-refractivity contribution in [3.63, 3.8) is 0 Å². The molecule has 0 fully saturated rings. The van der Waals surface area contributed by atoms with E-state index in [1.165, 1.54) is 42.6 Å². The fraction of sp³-hybridized carbons (Fsp3) is 0.0769. The molecule has 1 aromatic carbocycles. The monoisotopic (exact) mass is 330 g/mol. The van der Waals surface area contributed by atoms with Crippen molar-refractivity contribution in [2.24, 2.45) is 0 Å². The summed E-state index contributed by atoms with van der Waals surface area (Å²) in [6.07, 6.45) is 2.89. The summed E-state index contributed by atoms with van der Waals surface area (Å²) < 4.78 is 0. The summed E-state index contributed by atoms with van der Waals surface area (Å²) in [5.74, 6) is -0.185. The van der Waals surface area contributed by atoms with Crippen LogP contribution in [-0.2, 0) is 4.79 Å². The van der Waals surface area contributed by atoms with Crippen LogP contribution < -0.4 is 5.32 Å². The summed E-state index contributed by atoms with van der Waals surface area (Å²) in [5.41, 5.74) is 1.49. The topological polar surface area (TPSA) is 127 Å². The van der Waals surface area contributed by atoms with Gasteiger partial charge in [-0.2, -0.15) is 0 Å². The summed E-state index contributed by atoms with van der Waals surface area (Å²) in [6, 6.07) is 5.77. The first-order valence-corrected chi connectivity index (χ1v) is 7.43. The number of anilines is 1. The lowest BCUT2D eigenvalue weighted by Gasteiger charge is -2.05. The van der Waals surface area contributed by atoms with Crippen molar-refractivity contribution in [1.29, 1.82) is 0 Å². The molecule has 2 heterocycles. The molecule has 0 saturated heterocycles. The number of benzene rings is 1. The summed E-state index contributed by atoms with van der Waals surface area (Å²) >= 11 is 1.22. The van der Waals surface area contributed by atoms with Crippen LogP contribution in [0.5, 0.6) is 0 Å². The van der Waals surface area contributed by atoms with E-state index in [4.69, 9.17) is 0 Å². The number of H-pyrrole nitrogens is 1. The van der Waals surface area contributed by atoms with Gasteiger partial charge >= 0.3 is 0 Å². The first-order valence-electron chi connectivity index (χ1n) is 6.44. The van der Waals surface area contributed by atoms with Gasteiger partial charge in [0, 0.05) is 17.8 Å². The molecule has 10 heteroatoms. The standard InChI is InChI=1S/C13H10N6O3S/c20-10(18-8-2-1-3-9(4-8)19(21)22)5-23-13-11-12(15-6-14-11)16-7-17-13/h1-4,6-7H,5H2,(H,18,20)(H,14,15,16,17). The molecule has 0 saturated carbocycles. The van der Waals surface area contributed by atoms with Crippen molar-refractivity contribution in [3.8, 4) is 0 Å². The Balaban J connectivity index is 1.65. The van der Waals surface area contributed by atoms with Gasteiger partial charge in [0.15, 0.2) is 5.65 Å². The average molecular weight is 330 g/mol. The van der Waals surface area contributed by atoms with Crippen LogP contribution in [0.3, 0.4) is 0 Å². The number of rotatable bonds is 5. The summed E-state index contributed by atoms with van der Waals surface area (Å²) in [5, 5.41) is 13.9. The fourth-order valence-corrected chi connectivity index (χ4v) is 2.64. The van der Waals surface area contributed by atoms with Crippen molar-refractivity contribution < 1.29 is 9.72 Å². The molecule has 0 atom stereocenters. The second-order valence-electron chi connectivity index (χ2n) is 4.42. The fourth-order valence-electron chi connectivity index (χ4n) is 1.88. The Labute approximate surface area is 133 Å². The molecular weight excluding hydrogens is 320 g/mol. The Morgan fingerprint density at radius 3 is 3.04 bits per heavy atom. The number of carbonyl (C=O) groups is 1. The number of nitrogens with one attached hydrogen (secondary N) is 2. The first-order chi connectivity index (χ1) is 11.1. The number of carbonyl (C=O) groups excluding carboxylic acids is 1. The molecule has 0 unspecified atom stereocenters. The van der Waals surface area contributed by atoms with E-state index < -0.39 is 4.92 Å². The number of nitro benzene ring substituents is 1. The Bertz CT molecular complexity index is 881. The van der Waals surface area contributed by atoms with Gasteiger partial charge < -0.3 is 10.3 Å². The van der Waals surface area contributed by atoms with Crippen LogP contribution in [0.2, 0.25) is 0 Å². The van der Waals surface area contributed by atoms with Gasteiger partial charge in [0.2, 0.25) is 5.91 Å². The largest absolute Gasteiger partial charge is 0.341 e. The Morgan fingerprint density at radius 1 is 1.35 bits per heavy atom. The Hall–Kier alpha value is -3.01. The zero-order chi connectivity index (χ0) is 16.2. The molecule has 0 spiro atoms. The number of hydrogen-bond donors (Lipinski definition) is 2. The van der Waals surface area contributed by atoms with Crippen molar-refractivity contribution >= 4 is 40.2 Å². The summed E-state index contributed by atoms with van der Waals surface area (Å²) in [6.45, 7) is 0. The number of amides is 1. The van der Waals surface area contributed by atoms with E-state index in [1.54, 1.807) is 6.07 Å². The molecule has 3 rings (SSSR count). The van der Waals surface area contributed by atoms with Gasteiger partial charge in [0.25, 0.3) is 5.69 Å². The molecule has 0 aliphatic carbocycles. The van der Waals surface area contributed by atoms with E-state index in [0.29, 0.717) is 21.9 Å². The number of thioether (sulfide) groups is 1. The number of hydrogen-bond acceptors (Lipinski definition) is 7. The van der Waals surface area contributed by atoms with Crippen molar-refractivity contribution in [2.45, 2.75) is 5.03 Å². The first kappa shape index (κ1) is 14.9. The van der Waals surface area contributed by atoms with Crippen LogP contribution in [-0.4, -0.2) is 36.5 Å². The van der Waals surface area contributed by atoms with E-state index in [0.717, 1.165) is 0 Å². The second kappa shape index (κ2) is 6.40. The SMILES string of the molecule is O=C(CSc1ncnc2nc[nH]c12)Nc1cccc([N+](=O)[O-])c1. The lowest BCUT2D eigenvalue weighted by Crippen LogP contribution is -2.14. The highest BCUT2D eigenvalue weighted by molar-refractivity contribution is 8.00. The van der Waals surface area contributed by atoms with Crippen molar-refractivity contribution in [2.75, 3.05) is 11.1 Å². The predicted molar refractivity (Wildman–Crippen MR) is 84.1 cm³/mol. The third-order valence-corrected chi connectivity index (χ3v) is 3.86. The molecule has 0 aliphatic heterocycles. The molecule has 1 amide bonds. The van der Waals surface area contributed by atoms with Gasteiger partial charge in [0.05, 0.1) is 17.0 Å². The Kier molecular flexibility index (Phi) is 4.15. The molecule has 9 nitrogen and oxygen atoms in total. The van der Waals surface area contributed by atoms with Gasteiger partial charge in [-0.25, -0.2) is 15.0 Å². The number of nitro groups is 1. The van der Waals surface area contributed by atoms with Gasteiger partial charge in [-0.3, -0.25) is 14.9 Å². The third kappa shape index (κ3) is 3.43. The minimum Gasteiger partial charge on any atom is -0.341 e. The number of aromatic amines is 1. The summed E-state index contributed by atoms with van der Waals surface area (Å²) in [4.78, 5) is 37.2. The number of imidazole rings is 1. The van der Waals surface area contributed by atoms with Gasteiger partial charge in [-0.05, 0) is 6.07 Å². The quantitative estimate of drug-likeness (QED) is 0.317. The van der Waals surface area contributed by atoms with Crippen molar-refractivity contribution in [3.05, 3.63) is 47.0 Å². The molecule has 23 heavy (non-hydrogen) atoms. The smallest absolute Gasteiger partial charge is 0.271 e. The number of non-ortho nitro benzene ring substituents is 1. The van der Waals surface area contributed by atoms with Gasteiger partial charge in [0.1, 0.15) is 16.9 Å². The molecule has 116 valence electrons. The van der Waals surface area contributed by atoms with Crippen LogP contribution in [0.15, 0.2) is 41.9 Å². The molecule has 2 N–H and O–H groups in total. The van der Waals surface area contributed by atoms with Crippen LogP contribution in [0.1, 0.15) is 0 Å². The lowest BCUT2D eigenvalue weighted by atomic mass is 10.3. The average Bonchev–Trinajstić information content (AvgIpc) is 3.02. The minimum absolute atomic E-state index is 0.0783. The Morgan fingerprint density at radius 2 is 2.22 bits per heavy atom. The van der Waals surface area contributed by atoms with E-state index in [9.17, 15) is 14.9 Å². The highest BCUT2D eigenvalue weighted by atomic mass is 32.2. The van der Waals surface area contributed by atoms with E-state index >= 15 is 0 Å². The summed E-state index contributed by atoms with van der Waals surface area (Å²) in [7, 11) is 0. The molecular formula is C13H10N6O3S. The molecule has 0 radical (unpaired) electrons. The normalized spacial score (nSPS) is 10.6. The predicted octanol–water partition coefficient (Wildman–Crippen LogP) is 1.99. The number of nitrogens with zero attached hydrogens (tertiary/aromatic N) is 4. The molecule has 2 aromatic heterocycles. The second-order valence-corrected chi connectivity index (χ2v) is 5.39. The maximum absolute atomic E-state index is 12.0. The van der Waals surface area contributed by atoms with Crippen molar-refractivity contribution in [1.82, 2.24) is 19.9 Å². The van der Waals surface area contributed by atoms with Crippen LogP contribution in [0.4, 0.5) is 11.4 Å². The number of aromatic nitrogens is 4. The molecule has 0 bridgehead atoms. The van der Waals surface area contributed by atoms with Crippen LogP contribution >= 0.6 is 11.8 Å². The minimum atomic E-state index is -0.514. The van der Waals surface area contributed by atoms with Crippen LogP contribution in [0, 0.1) is 10.1 Å². The lowest BCUT2D eigenvalue weighted by molar-refractivity contribution is -0.384. The van der Waals surface area contributed by atoms with Gasteiger partial charge in [-0.1, -0.05) is 17.8 Å². The number of fused-ring (bicyclic) bond motifs is 1. The van der Waals surface area contributed by atoms with Gasteiger partial charge in [-0.15, -0.1) is 0 Å². The zero-order valence-corrected chi connectivity index (χ0v) is 12.4. The molecule has 0 aliphatic rings. The maximum Gasteiger partial charge on any atom is 0.271 e. The van der Waals surface area contributed by atoms with Crippen LogP contribution in [0.25, 0.3) is 11.2 Å².